The molecule has 0 saturated heterocycles. The Morgan fingerprint density at radius 1 is 0.800 bits per heavy atom. The zero-order chi connectivity index (χ0) is 16.0. The molecule has 8 nitrogen and oxygen atoms in total. The highest BCUT2D eigenvalue weighted by Crippen LogP contribution is 2.01. The number of hydrogen-bond acceptors (Lipinski definition) is 6. The fourth-order valence-electron chi connectivity index (χ4n) is 0.885. The first-order chi connectivity index (χ1) is 9.33. The van der Waals surface area contributed by atoms with E-state index >= 15 is 0 Å². The molecule has 0 amide bonds. The van der Waals surface area contributed by atoms with E-state index in [4.69, 9.17) is 10.2 Å². The minimum atomic E-state index is -1.26. The molecule has 0 spiro atoms. The molecule has 0 aromatic carbocycles. The summed E-state index contributed by atoms with van der Waals surface area (Å²) in [5.41, 5.74) is 0. The average molecular weight is 290 g/mol. The molecule has 0 rings (SSSR count). The number of ether oxygens (including phenoxy) is 2. The van der Waals surface area contributed by atoms with E-state index in [0.717, 1.165) is 0 Å². The van der Waals surface area contributed by atoms with Gasteiger partial charge >= 0.3 is 23.9 Å². The molecule has 0 aliphatic rings. The van der Waals surface area contributed by atoms with Crippen LogP contribution in [0.15, 0.2) is 12.2 Å². The molecule has 2 N–H and O–H groups in total. The topological polar surface area (TPSA) is 127 Å². The molecule has 0 aliphatic carbocycles. The van der Waals surface area contributed by atoms with Crippen LogP contribution in [0.3, 0.4) is 0 Å². The minimum absolute atomic E-state index is 0.236. The number of carbonyl (C=O) groups excluding carboxylic acids is 2. The predicted octanol–water partition coefficient (Wildman–Crippen LogP) is 0.605. The first-order valence-corrected chi connectivity index (χ1v) is 5.61. The number of carboxylic acid groups (broad SMARTS) is 2. The lowest BCUT2D eigenvalue weighted by atomic mass is 10.2. The van der Waals surface area contributed by atoms with Crippen LogP contribution in [0.25, 0.3) is 0 Å². The van der Waals surface area contributed by atoms with Crippen molar-refractivity contribution < 1.29 is 38.9 Å². The zero-order valence-corrected chi connectivity index (χ0v) is 11.3. The van der Waals surface area contributed by atoms with E-state index < -0.39 is 11.9 Å². The molecule has 0 unspecified atom stereocenters. The molecule has 0 radical (unpaired) electrons. The molecule has 0 fully saturated rings. The molecule has 20 heavy (non-hydrogen) atoms. The van der Waals surface area contributed by atoms with Gasteiger partial charge in [0.1, 0.15) is 0 Å². The molecule has 0 saturated carbocycles. The molecule has 0 aromatic rings. The largest absolute Gasteiger partial charge is 0.478 e. The van der Waals surface area contributed by atoms with E-state index in [2.05, 4.69) is 9.47 Å². The lowest BCUT2D eigenvalue weighted by molar-refractivity contribution is -0.142. The van der Waals surface area contributed by atoms with Gasteiger partial charge in [-0.3, -0.25) is 9.59 Å². The van der Waals surface area contributed by atoms with Crippen molar-refractivity contribution in [2.24, 2.45) is 0 Å². The number of carboxylic acids is 2. The van der Waals surface area contributed by atoms with Crippen LogP contribution in [0.5, 0.6) is 0 Å². The van der Waals surface area contributed by atoms with Gasteiger partial charge in [-0.05, 0) is 12.8 Å². The van der Waals surface area contributed by atoms with E-state index in [1.807, 2.05) is 0 Å². The summed E-state index contributed by atoms with van der Waals surface area (Å²) in [6, 6.07) is 0. The normalized spacial score (nSPS) is 9.30. The van der Waals surface area contributed by atoms with Gasteiger partial charge in [0.2, 0.25) is 0 Å². The third kappa shape index (κ3) is 18.0. The van der Waals surface area contributed by atoms with Gasteiger partial charge < -0.3 is 19.7 Å². The van der Waals surface area contributed by atoms with Crippen molar-refractivity contribution in [3.8, 4) is 0 Å². The predicted molar refractivity (Wildman–Crippen MR) is 66.9 cm³/mol. The van der Waals surface area contributed by atoms with Gasteiger partial charge in [0.25, 0.3) is 0 Å². The Bertz CT molecular complexity index is 324. The lowest BCUT2D eigenvalue weighted by Crippen LogP contribution is -2.02. The van der Waals surface area contributed by atoms with E-state index in [1.54, 1.807) is 0 Å². The standard InChI is InChI=1S/C8H14O4.C4H4O4/c1-11-7(9)5-3-4-6-8(10)12-2;5-3(6)1-2-4(7)8/h3-6H2,1-2H3;1-2H,(H,5,6)(H,7,8)/b;2-1-. The van der Waals surface area contributed by atoms with Crippen molar-refractivity contribution in [2.75, 3.05) is 14.2 Å². The highest BCUT2D eigenvalue weighted by molar-refractivity contribution is 5.89. The second-order valence-corrected chi connectivity index (χ2v) is 3.37. The molecular weight excluding hydrogens is 272 g/mol. The van der Waals surface area contributed by atoms with Gasteiger partial charge in [-0.25, -0.2) is 9.59 Å². The molecule has 0 bridgehead atoms. The maximum Gasteiger partial charge on any atom is 0.328 e. The van der Waals surface area contributed by atoms with Gasteiger partial charge in [0.15, 0.2) is 0 Å². The van der Waals surface area contributed by atoms with E-state index in [-0.39, 0.29) is 11.9 Å². The average Bonchev–Trinajstić information content (AvgIpc) is 2.41. The van der Waals surface area contributed by atoms with Gasteiger partial charge in [-0.1, -0.05) is 0 Å². The molecule has 0 atom stereocenters. The van der Waals surface area contributed by atoms with Crippen LogP contribution in [0.1, 0.15) is 25.7 Å². The Morgan fingerprint density at radius 3 is 1.30 bits per heavy atom. The summed E-state index contributed by atoms with van der Waals surface area (Å²) in [4.78, 5) is 40.3. The summed E-state index contributed by atoms with van der Waals surface area (Å²) in [6.45, 7) is 0. The number of rotatable bonds is 7. The fourth-order valence-corrected chi connectivity index (χ4v) is 0.885. The molecule has 8 heteroatoms. The SMILES string of the molecule is COC(=O)CCCCC(=O)OC.O=C(O)/C=C\C(=O)O. The van der Waals surface area contributed by atoms with Crippen molar-refractivity contribution in [2.45, 2.75) is 25.7 Å². The molecular formula is C12H18O8. The van der Waals surface area contributed by atoms with Crippen molar-refractivity contribution >= 4 is 23.9 Å². The minimum Gasteiger partial charge on any atom is -0.478 e. The number of unbranched alkanes of at least 4 members (excludes halogenated alkanes) is 1. The summed E-state index contributed by atoms with van der Waals surface area (Å²) >= 11 is 0. The number of hydrogen-bond donors (Lipinski definition) is 2. The Morgan fingerprint density at radius 2 is 1.10 bits per heavy atom. The third-order valence-corrected chi connectivity index (χ3v) is 1.84. The number of carbonyl (C=O) groups is 4. The van der Waals surface area contributed by atoms with Crippen LogP contribution < -0.4 is 0 Å². The fraction of sp³-hybridized carbons (Fsp3) is 0.500. The summed E-state index contributed by atoms with van der Waals surface area (Å²) in [5, 5.41) is 15.6. The van der Waals surface area contributed by atoms with Gasteiger partial charge in [0, 0.05) is 25.0 Å². The van der Waals surface area contributed by atoms with Gasteiger partial charge in [0.05, 0.1) is 14.2 Å². The first-order valence-electron chi connectivity index (χ1n) is 5.61. The zero-order valence-electron chi connectivity index (χ0n) is 11.3. The van der Waals surface area contributed by atoms with Crippen LogP contribution in [-0.2, 0) is 28.7 Å². The Labute approximate surface area is 116 Å². The van der Waals surface area contributed by atoms with E-state index in [1.165, 1.54) is 14.2 Å². The van der Waals surface area contributed by atoms with Gasteiger partial charge in [-0.15, -0.1) is 0 Å². The van der Waals surface area contributed by atoms with Crippen LogP contribution in [0.4, 0.5) is 0 Å². The maximum atomic E-state index is 10.6. The van der Waals surface area contributed by atoms with Crippen LogP contribution in [0.2, 0.25) is 0 Å². The second kappa shape index (κ2) is 13.1. The number of aliphatic carboxylic acids is 2. The molecule has 114 valence electrons. The first kappa shape index (κ1) is 19.9. The monoisotopic (exact) mass is 290 g/mol. The Balaban J connectivity index is 0. The molecule has 0 aromatic heterocycles. The Kier molecular flexibility index (Phi) is 13.0. The van der Waals surface area contributed by atoms with Crippen molar-refractivity contribution in [1.82, 2.24) is 0 Å². The van der Waals surface area contributed by atoms with Gasteiger partial charge in [-0.2, -0.15) is 0 Å². The van der Waals surface area contributed by atoms with Crippen molar-refractivity contribution in [3.63, 3.8) is 0 Å². The summed E-state index contributed by atoms with van der Waals surface area (Å²) in [5.74, 6) is -2.99. The lowest BCUT2D eigenvalue weighted by Gasteiger charge is -1.98. The summed E-state index contributed by atoms with van der Waals surface area (Å²) < 4.78 is 8.86. The number of methoxy groups -OCH3 is 2. The van der Waals surface area contributed by atoms with Crippen LogP contribution in [-0.4, -0.2) is 48.3 Å². The maximum absolute atomic E-state index is 10.6. The highest BCUT2D eigenvalue weighted by atomic mass is 16.5. The van der Waals surface area contributed by atoms with Crippen LogP contribution >= 0.6 is 0 Å². The third-order valence-electron chi connectivity index (χ3n) is 1.84. The number of esters is 2. The van der Waals surface area contributed by atoms with Crippen molar-refractivity contribution in [1.29, 1.82) is 0 Å². The molecule has 0 aliphatic heterocycles. The Hall–Kier alpha value is -2.38. The van der Waals surface area contributed by atoms with E-state index in [9.17, 15) is 19.2 Å². The highest BCUT2D eigenvalue weighted by Gasteiger charge is 2.02. The summed E-state index contributed by atoms with van der Waals surface area (Å²) in [6.07, 6.45) is 3.19. The summed E-state index contributed by atoms with van der Waals surface area (Å²) in [7, 11) is 2.70. The smallest absolute Gasteiger partial charge is 0.328 e. The molecule has 0 heterocycles. The van der Waals surface area contributed by atoms with Crippen molar-refractivity contribution in [3.05, 3.63) is 12.2 Å². The van der Waals surface area contributed by atoms with E-state index in [0.29, 0.717) is 37.8 Å². The van der Waals surface area contributed by atoms with Crippen LogP contribution in [0, 0.1) is 0 Å². The quantitative estimate of drug-likeness (QED) is 0.396. The second-order valence-electron chi connectivity index (χ2n) is 3.37.